The Morgan fingerprint density at radius 1 is 0.561 bits per heavy atom. The Bertz CT molecular complexity index is 1530. The normalized spacial score (nSPS) is 8.49. The van der Waals surface area contributed by atoms with E-state index in [0.717, 1.165) is 9.13 Å². The van der Waals surface area contributed by atoms with Gasteiger partial charge in [0.15, 0.2) is 22.3 Å². The van der Waals surface area contributed by atoms with Crippen LogP contribution in [0.4, 0.5) is 0 Å². The second-order valence-electron chi connectivity index (χ2n) is 6.32. The molecule has 10 N–H and O–H groups in total. The number of hydrogen-bond acceptors (Lipinski definition) is 14. The number of nitrogens with zero attached hydrogens (tertiary/aromatic N) is 10. The standard InChI is InChI=1S/2C8H8N4O2.Cu.2NO3.4H2O/c2*1-11-6-5(9-3-4-10-6)7(13)12(2)8(11)14;;2*2-1(3)4;;;;/h2*3-4H,1-2H3;;;;4*1H2/q;;+2;2*-1;;;;/p+2. The maximum atomic E-state index is 11.5. The Hall–Kier alpha value is -5.20. The van der Waals surface area contributed by atoms with Crippen molar-refractivity contribution >= 4 is 22.3 Å². The topological polar surface area (TPSA) is 401 Å². The smallest absolute Gasteiger partial charge is 0.457 e. The zero-order chi connectivity index (χ0) is 27.7. The van der Waals surface area contributed by atoms with Gasteiger partial charge in [-0.15, -0.1) is 0 Å². The van der Waals surface area contributed by atoms with E-state index in [1.807, 2.05) is 0 Å². The Morgan fingerprint density at radius 2 is 0.780 bits per heavy atom. The first kappa shape index (κ1) is 45.7. The first-order valence-electron chi connectivity index (χ1n) is 9.08. The molecule has 0 spiro atoms. The summed E-state index contributed by atoms with van der Waals surface area (Å²) in [4.78, 5) is 78.2. The molecule has 24 nitrogen and oxygen atoms in total. The molecule has 0 aliphatic rings. The van der Waals surface area contributed by atoms with Gasteiger partial charge < -0.3 is 52.5 Å². The number of hydrogen-bond donors (Lipinski definition) is 0. The van der Waals surface area contributed by atoms with Crippen molar-refractivity contribution in [2.75, 3.05) is 0 Å². The molecule has 4 rings (SSSR count). The van der Waals surface area contributed by atoms with Crippen LogP contribution in [0.15, 0.2) is 44.0 Å². The minimum Gasteiger partial charge on any atom is -0.457 e. The van der Waals surface area contributed by atoms with Crippen molar-refractivity contribution in [2.45, 2.75) is 0 Å². The van der Waals surface area contributed by atoms with E-state index in [1.165, 1.54) is 48.0 Å². The Labute approximate surface area is 235 Å². The van der Waals surface area contributed by atoms with Gasteiger partial charge in [0.25, 0.3) is 11.1 Å². The molecular weight excluding hydrogens is 620 g/mol. The van der Waals surface area contributed by atoms with Crippen molar-refractivity contribution < 1.29 is 49.1 Å². The zero-order valence-electron chi connectivity index (χ0n) is 21.3. The van der Waals surface area contributed by atoms with Crippen LogP contribution in [0.25, 0.3) is 22.3 Å². The van der Waals surface area contributed by atoms with Crippen LogP contribution < -0.4 is 22.5 Å². The van der Waals surface area contributed by atoms with Gasteiger partial charge in [-0.05, 0) is 0 Å². The molecule has 41 heavy (non-hydrogen) atoms. The van der Waals surface area contributed by atoms with Crippen molar-refractivity contribution in [1.29, 1.82) is 0 Å². The van der Waals surface area contributed by atoms with Gasteiger partial charge in [-0.1, -0.05) is 0 Å². The van der Waals surface area contributed by atoms with Crippen molar-refractivity contribution in [3.8, 4) is 0 Å². The molecule has 0 amide bonds. The fraction of sp³-hybridized carbons (Fsp3) is 0.250. The van der Waals surface area contributed by atoms with E-state index in [9.17, 15) is 19.2 Å². The van der Waals surface area contributed by atoms with Gasteiger partial charge in [0, 0.05) is 53.0 Å². The summed E-state index contributed by atoms with van der Waals surface area (Å²) in [6.45, 7) is 0. The van der Waals surface area contributed by atoms with Gasteiger partial charge in [0.2, 0.25) is 0 Å². The van der Waals surface area contributed by atoms with E-state index in [1.54, 1.807) is 14.1 Å². The molecule has 0 aliphatic heterocycles. The summed E-state index contributed by atoms with van der Waals surface area (Å²) in [5.74, 6) is 0. The number of aromatic nitrogens is 8. The molecule has 233 valence electrons. The van der Waals surface area contributed by atoms with Crippen LogP contribution in [0.2, 0.25) is 0 Å². The van der Waals surface area contributed by atoms with Crippen LogP contribution in [0.3, 0.4) is 0 Å². The summed E-state index contributed by atoms with van der Waals surface area (Å²) >= 11 is 0. The van der Waals surface area contributed by atoms with Gasteiger partial charge >= 0.3 is 28.4 Å². The van der Waals surface area contributed by atoms with E-state index in [-0.39, 0.29) is 50.0 Å². The number of rotatable bonds is 0. The molecule has 0 aliphatic carbocycles. The molecule has 0 fully saturated rings. The van der Waals surface area contributed by atoms with E-state index in [2.05, 4.69) is 19.9 Å². The maximum Gasteiger partial charge on any atom is 2.00 e. The Morgan fingerprint density at radius 3 is 1.02 bits per heavy atom. The average molecular weight is 646 g/mol. The van der Waals surface area contributed by atoms with Crippen LogP contribution in [-0.4, -0.2) is 59.3 Å². The monoisotopic (exact) mass is 645 g/mol. The molecule has 4 aromatic heterocycles. The van der Waals surface area contributed by atoms with Crippen LogP contribution in [0, 0.1) is 30.6 Å². The number of fused-ring (bicyclic) bond motifs is 2. The molecule has 0 aromatic carbocycles. The second kappa shape index (κ2) is 19.8. The third kappa shape index (κ3) is 11.6. The molecule has 0 saturated heterocycles. The molecule has 0 unspecified atom stereocenters. The van der Waals surface area contributed by atoms with Crippen LogP contribution in [0.1, 0.15) is 0 Å². The minimum absolute atomic E-state index is 0. The first-order valence-corrected chi connectivity index (χ1v) is 9.08. The maximum absolute atomic E-state index is 11.5. The van der Waals surface area contributed by atoms with Crippen molar-refractivity contribution in [3.63, 3.8) is 0 Å². The van der Waals surface area contributed by atoms with Crippen molar-refractivity contribution in [2.24, 2.45) is 28.2 Å². The minimum atomic E-state index is -1.75. The molecule has 0 saturated carbocycles. The predicted molar refractivity (Wildman–Crippen MR) is 138 cm³/mol. The SMILES string of the molecule is Cn1c(=O)c2nccnc2n(C)c1=O.Cn1c(=O)c2nccnc2n(C)c1=O.O.O.O=[N+]([O-])[O-].O=[N+]([O-])[O-].[Cu+2].[OH3+].[OH3+]. The third-order valence-electron chi connectivity index (χ3n) is 4.16. The Balaban J connectivity index is -0.000000153. The quantitative estimate of drug-likeness (QED) is 0.0743. The summed E-state index contributed by atoms with van der Waals surface area (Å²) in [6, 6.07) is 0. The fourth-order valence-electron chi connectivity index (χ4n) is 2.58. The van der Waals surface area contributed by atoms with Gasteiger partial charge in [0.1, 0.15) is 0 Å². The number of aryl methyl sites for hydroxylation is 2. The van der Waals surface area contributed by atoms with Crippen LogP contribution in [0.5, 0.6) is 0 Å². The fourth-order valence-corrected chi connectivity index (χ4v) is 2.58. The molecule has 4 aromatic rings. The molecular formula is C16H26CuN10O14+2. The summed E-state index contributed by atoms with van der Waals surface area (Å²) in [6.07, 6.45) is 5.74. The van der Waals surface area contributed by atoms with Gasteiger partial charge in [0.05, 0.1) is 10.2 Å². The average Bonchev–Trinajstić information content (AvgIpc) is 2.83. The summed E-state index contributed by atoms with van der Waals surface area (Å²) in [5, 5.41) is 29.5. The van der Waals surface area contributed by atoms with Crippen molar-refractivity contribution in [1.82, 2.24) is 38.2 Å². The molecule has 25 heteroatoms. The van der Waals surface area contributed by atoms with Crippen molar-refractivity contribution in [3.05, 3.63) is 97.1 Å². The van der Waals surface area contributed by atoms with Gasteiger partial charge in [-0.25, -0.2) is 29.5 Å². The molecule has 0 atom stereocenters. The van der Waals surface area contributed by atoms with E-state index in [0.29, 0.717) is 11.3 Å². The Kier molecular flexibility index (Phi) is 22.1. The summed E-state index contributed by atoms with van der Waals surface area (Å²) in [5.41, 5.74) is -0.617. The first-order chi connectivity index (χ1) is 16.7. The van der Waals surface area contributed by atoms with E-state index >= 15 is 0 Å². The molecule has 0 bridgehead atoms. The predicted octanol–water partition coefficient (Wildman–Crippen LogP) is -5.92. The molecule has 1 radical (unpaired) electrons. The second-order valence-corrected chi connectivity index (χ2v) is 6.32. The summed E-state index contributed by atoms with van der Waals surface area (Å²) in [7, 11) is 5.94. The van der Waals surface area contributed by atoms with Crippen LogP contribution in [-0.2, 0) is 56.2 Å². The van der Waals surface area contributed by atoms with Gasteiger partial charge in [-0.3, -0.25) is 27.9 Å². The summed E-state index contributed by atoms with van der Waals surface area (Å²) < 4.78 is 4.61. The van der Waals surface area contributed by atoms with E-state index < -0.39 is 32.7 Å². The molecule has 4 heterocycles. The zero-order valence-corrected chi connectivity index (χ0v) is 22.3. The van der Waals surface area contributed by atoms with Crippen LogP contribution >= 0.6 is 0 Å². The largest absolute Gasteiger partial charge is 2.00 e. The van der Waals surface area contributed by atoms with E-state index in [4.69, 9.17) is 30.6 Å². The van der Waals surface area contributed by atoms with Gasteiger partial charge in [-0.2, -0.15) is 0 Å². The third-order valence-corrected chi connectivity index (χ3v) is 4.16.